The molecule has 1 saturated heterocycles. The molecule has 6 nitrogen and oxygen atoms in total. The Balaban J connectivity index is 1.78. The highest BCUT2D eigenvalue weighted by Crippen LogP contribution is 2.21. The lowest BCUT2D eigenvalue weighted by Crippen LogP contribution is -2.36. The smallest absolute Gasteiger partial charge is 0.251 e. The molecule has 1 aromatic carbocycles. The number of nitrogens with one attached hydrogen (secondary N) is 1. The number of hydrogen-bond donors (Lipinski definition) is 1. The average molecular weight is 350 g/mol. The molecule has 7 heteroatoms. The third-order valence-corrected chi connectivity index (χ3v) is 6.26. The number of benzene rings is 1. The molecular formula is C17H22N2O4S. The third kappa shape index (κ3) is 3.68. The molecule has 1 unspecified atom stereocenters. The Bertz CT molecular complexity index is 752. The van der Waals surface area contributed by atoms with Gasteiger partial charge in [0.05, 0.1) is 17.5 Å². The summed E-state index contributed by atoms with van der Waals surface area (Å²) < 4.78 is 32.2. The van der Waals surface area contributed by atoms with Gasteiger partial charge in [-0.1, -0.05) is 17.7 Å². The zero-order chi connectivity index (χ0) is 17.2. The minimum Gasteiger partial charge on any atom is -0.379 e. The first-order chi connectivity index (χ1) is 11.5. The maximum atomic E-state index is 12.8. The molecule has 2 aliphatic rings. The van der Waals surface area contributed by atoms with Crippen LogP contribution in [0.1, 0.15) is 30.1 Å². The molecule has 2 heterocycles. The van der Waals surface area contributed by atoms with Gasteiger partial charge in [0.25, 0.3) is 5.91 Å². The van der Waals surface area contributed by atoms with E-state index < -0.39 is 10.0 Å². The van der Waals surface area contributed by atoms with Crippen molar-refractivity contribution in [2.24, 2.45) is 0 Å². The first-order valence-corrected chi connectivity index (χ1v) is 9.55. The Labute approximate surface area is 142 Å². The maximum Gasteiger partial charge on any atom is 0.251 e. The molecule has 1 amide bonds. The summed E-state index contributed by atoms with van der Waals surface area (Å²) in [5, 5.41) is 2.88. The highest BCUT2D eigenvalue weighted by molar-refractivity contribution is 7.89. The third-order valence-electron chi connectivity index (χ3n) is 4.40. The van der Waals surface area contributed by atoms with Gasteiger partial charge in [0, 0.05) is 25.3 Å². The molecule has 0 spiro atoms. The van der Waals surface area contributed by atoms with E-state index in [1.54, 1.807) is 12.1 Å². The number of ether oxygens (including phenoxy) is 1. The molecule has 1 N–H and O–H groups in total. The van der Waals surface area contributed by atoms with Crippen LogP contribution in [0.5, 0.6) is 0 Å². The molecular weight excluding hydrogens is 328 g/mol. The van der Waals surface area contributed by atoms with Gasteiger partial charge in [-0.05, 0) is 38.0 Å². The maximum absolute atomic E-state index is 12.8. The van der Waals surface area contributed by atoms with Gasteiger partial charge in [0.1, 0.15) is 0 Å². The first kappa shape index (κ1) is 17.1. The van der Waals surface area contributed by atoms with E-state index in [0.717, 1.165) is 12.8 Å². The van der Waals surface area contributed by atoms with Crippen LogP contribution in [0.3, 0.4) is 0 Å². The van der Waals surface area contributed by atoms with Gasteiger partial charge in [-0.3, -0.25) is 4.79 Å². The quantitative estimate of drug-likeness (QED) is 0.836. The Morgan fingerprint density at radius 2 is 2.21 bits per heavy atom. The number of carbonyl (C=O) groups excluding carboxylic acids is 1. The molecule has 0 saturated carbocycles. The van der Waals surface area contributed by atoms with Crippen LogP contribution in [-0.2, 0) is 14.8 Å². The Hall–Kier alpha value is -1.70. The van der Waals surface area contributed by atoms with Crippen molar-refractivity contribution < 1.29 is 17.9 Å². The molecule has 0 bridgehead atoms. The van der Waals surface area contributed by atoms with E-state index in [1.165, 1.54) is 22.0 Å². The molecule has 0 radical (unpaired) electrons. The minimum absolute atomic E-state index is 0.00651. The minimum atomic E-state index is -3.58. The highest BCUT2D eigenvalue weighted by atomic mass is 32.2. The fourth-order valence-corrected chi connectivity index (χ4v) is 4.26. The summed E-state index contributed by atoms with van der Waals surface area (Å²) in [5.41, 5.74) is 1.56. The van der Waals surface area contributed by atoms with E-state index >= 15 is 0 Å². The van der Waals surface area contributed by atoms with Crippen LogP contribution in [0, 0.1) is 0 Å². The number of amides is 1. The predicted octanol–water partition coefficient (Wildman–Crippen LogP) is 1.55. The summed E-state index contributed by atoms with van der Waals surface area (Å²) in [7, 11) is -3.58. The van der Waals surface area contributed by atoms with E-state index in [1.807, 2.05) is 13.0 Å². The van der Waals surface area contributed by atoms with Gasteiger partial charge in [0.2, 0.25) is 10.0 Å². The molecule has 24 heavy (non-hydrogen) atoms. The van der Waals surface area contributed by atoms with Crippen LogP contribution in [0.2, 0.25) is 0 Å². The molecule has 3 rings (SSSR count). The Morgan fingerprint density at radius 3 is 2.88 bits per heavy atom. The van der Waals surface area contributed by atoms with E-state index in [2.05, 4.69) is 5.32 Å². The van der Waals surface area contributed by atoms with Gasteiger partial charge in [-0.25, -0.2) is 8.42 Å². The zero-order valence-electron chi connectivity index (χ0n) is 13.7. The Kier molecular flexibility index (Phi) is 5.03. The van der Waals surface area contributed by atoms with E-state index in [9.17, 15) is 13.2 Å². The molecule has 1 fully saturated rings. The van der Waals surface area contributed by atoms with Crippen LogP contribution >= 0.6 is 0 Å². The van der Waals surface area contributed by atoms with Gasteiger partial charge >= 0.3 is 0 Å². The molecule has 0 aromatic heterocycles. The van der Waals surface area contributed by atoms with Crippen molar-refractivity contribution in [2.45, 2.75) is 30.7 Å². The van der Waals surface area contributed by atoms with Gasteiger partial charge < -0.3 is 10.1 Å². The van der Waals surface area contributed by atoms with Gasteiger partial charge in [-0.2, -0.15) is 4.31 Å². The molecule has 0 aliphatic carbocycles. The fraction of sp³-hybridized carbons (Fsp3) is 0.471. The molecule has 1 aromatic rings. The molecule has 1 atom stereocenters. The lowest BCUT2D eigenvalue weighted by atomic mass is 10.1. The normalized spacial score (nSPS) is 22.2. The second-order valence-corrected chi connectivity index (χ2v) is 8.16. The van der Waals surface area contributed by atoms with E-state index in [4.69, 9.17) is 4.74 Å². The zero-order valence-corrected chi connectivity index (χ0v) is 14.5. The van der Waals surface area contributed by atoms with Crippen molar-refractivity contribution >= 4 is 15.9 Å². The van der Waals surface area contributed by atoms with Crippen molar-refractivity contribution in [3.63, 3.8) is 0 Å². The Morgan fingerprint density at radius 1 is 1.38 bits per heavy atom. The lowest BCUT2D eigenvalue weighted by Gasteiger charge is -2.25. The summed E-state index contributed by atoms with van der Waals surface area (Å²) in [5.74, 6) is -0.267. The van der Waals surface area contributed by atoms with Crippen molar-refractivity contribution in [3.05, 3.63) is 41.5 Å². The number of nitrogens with zero attached hydrogens (tertiary/aromatic N) is 1. The average Bonchev–Trinajstić information content (AvgIpc) is 3.08. The fourth-order valence-electron chi connectivity index (χ4n) is 2.83. The number of sulfonamides is 1. The molecule has 130 valence electrons. The first-order valence-electron chi connectivity index (χ1n) is 8.11. The monoisotopic (exact) mass is 350 g/mol. The van der Waals surface area contributed by atoms with Crippen molar-refractivity contribution in [3.8, 4) is 0 Å². The van der Waals surface area contributed by atoms with E-state index in [0.29, 0.717) is 31.9 Å². The van der Waals surface area contributed by atoms with Crippen molar-refractivity contribution in [1.29, 1.82) is 0 Å². The summed E-state index contributed by atoms with van der Waals surface area (Å²) in [6, 6.07) is 6.22. The van der Waals surface area contributed by atoms with Gasteiger partial charge in [0.15, 0.2) is 0 Å². The van der Waals surface area contributed by atoms with Gasteiger partial charge in [-0.15, -0.1) is 0 Å². The van der Waals surface area contributed by atoms with Crippen LogP contribution < -0.4 is 5.32 Å². The number of hydrogen-bond acceptors (Lipinski definition) is 4. The van der Waals surface area contributed by atoms with Crippen molar-refractivity contribution in [2.75, 3.05) is 26.3 Å². The summed E-state index contributed by atoms with van der Waals surface area (Å²) >= 11 is 0. The standard InChI is InChI=1S/C17H22N2O4S/c1-13-5-8-19(9-6-13)24(21,22)16-4-2-3-14(11-16)17(20)18-15-7-10-23-12-15/h2-5,11,15H,6-10,12H2,1H3,(H,18,20). The van der Waals surface area contributed by atoms with Crippen LogP contribution in [0.25, 0.3) is 0 Å². The second-order valence-electron chi connectivity index (χ2n) is 6.23. The van der Waals surface area contributed by atoms with Crippen molar-refractivity contribution in [1.82, 2.24) is 9.62 Å². The van der Waals surface area contributed by atoms with E-state index in [-0.39, 0.29) is 16.8 Å². The SMILES string of the molecule is CC1=CCN(S(=O)(=O)c2cccc(C(=O)NC3CCOC3)c2)CC1. The largest absolute Gasteiger partial charge is 0.379 e. The van der Waals surface area contributed by atoms with Crippen LogP contribution in [0.15, 0.2) is 40.8 Å². The summed E-state index contributed by atoms with van der Waals surface area (Å²) in [6.07, 6.45) is 3.45. The van der Waals surface area contributed by atoms with Crippen LogP contribution in [-0.4, -0.2) is 51.0 Å². The number of rotatable bonds is 4. The molecule has 2 aliphatic heterocycles. The lowest BCUT2D eigenvalue weighted by molar-refractivity contribution is 0.0929. The summed E-state index contributed by atoms with van der Waals surface area (Å²) in [4.78, 5) is 12.5. The topological polar surface area (TPSA) is 75.7 Å². The summed E-state index contributed by atoms with van der Waals surface area (Å²) in [6.45, 7) is 4.00. The predicted molar refractivity (Wildman–Crippen MR) is 90.3 cm³/mol. The van der Waals surface area contributed by atoms with Crippen LogP contribution in [0.4, 0.5) is 0 Å². The second kappa shape index (κ2) is 7.04. The number of carbonyl (C=O) groups is 1. The highest BCUT2D eigenvalue weighted by Gasteiger charge is 2.26.